The van der Waals surface area contributed by atoms with Gasteiger partial charge in [-0.05, 0) is 25.1 Å². The van der Waals surface area contributed by atoms with Crippen LogP contribution in [-0.2, 0) is 12.7 Å². The van der Waals surface area contributed by atoms with Gasteiger partial charge < -0.3 is 4.57 Å². The molecule has 0 atom stereocenters. The number of imidazole rings is 1. The van der Waals surface area contributed by atoms with Crippen LogP contribution in [0.15, 0.2) is 48.5 Å². The standard InChI is InChI=1S/C16H13F3N2/c1-2-21-14-10-12(16(17,18)19)8-9-13(14)20-15(21)11-6-4-3-5-7-11/h3-10H,2H2,1H3. The maximum Gasteiger partial charge on any atom is 0.416 e. The molecule has 5 heteroatoms. The molecule has 0 spiro atoms. The molecule has 0 radical (unpaired) electrons. The van der Waals surface area contributed by atoms with Gasteiger partial charge in [-0.25, -0.2) is 4.98 Å². The average Bonchev–Trinajstić information content (AvgIpc) is 2.84. The van der Waals surface area contributed by atoms with Gasteiger partial charge in [0.25, 0.3) is 0 Å². The molecule has 0 saturated heterocycles. The zero-order valence-electron chi connectivity index (χ0n) is 11.4. The Kier molecular flexibility index (Phi) is 3.20. The molecule has 108 valence electrons. The maximum atomic E-state index is 12.9. The molecule has 0 aliphatic carbocycles. The van der Waals surface area contributed by atoms with Crippen LogP contribution >= 0.6 is 0 Å². The monoisotopic (exact) mass is 290 g/mol. The van der Waals surface area contributed by atoms with Crippen molar-refractivity contribution >= 4 is 11.0 Å². The van der Waals surface area contributed by atoms with Crippen LogP contribution in [0.3, 0.4) is 0 Å². The molecule has 0 N–H and O–H groups in total. The zero-order valence-corrected chi connectivity index (χ0v) is 11.4. The van der Waals surface area contributed by atoms with Crippen molar-refractivity contribution in [1.82, 2.24) is 9.55 Å². The normalized spacial score (nSPS) is 12.0. The first kappa shape index (κ1) is 13.7. The summed E-state index contributed by atoms with van der Waals surface area (Å²) >= 11 is 0. The molecule has 0 unspecified atom stereocenters. The quantitative estimate of drug-likeness (QED) is 0.666. The maximum absolute atomic E-state index is 12.9. The Labute approximate surface area is 119 Å². The summed E-state index contributed by atoms with van der Waals surface area (Å²) in [7, 11) is 0. The van der Waals surface area contributed by atoms with Crippen LogP contribution in [0.5, 0.6) is 0 Å². The Bertz CT molecular complexity index is 773. The van der Waals surface area contributed by atoms with Crippen molar-refractivity contribution in [1.29, 1.82) is 0 Å². The molecular formula is C16H13F3N2. The molecule has 0 aliphatic heterocycles. The smallest absolute Gasteiger partial charge is 0.324 e. The van der Waals surface area contributed by atoms with E-state index in [9.17, 15) is 13.2 Å². The Balaban J connectivity index is 2.24. The van der Waals surface area contributed by atoms with Crippen LogP contribution in [0.1, 0.15) is 12.5 Å². The van der Waals surface area contributed by atoms with Gasteiger partial charge in [0.15, 0.2) is 0 Å². The predicted molar refractivity (Wildman–Crippen MR) is 75.8 cm³/mol. The highest BCUT2D eigenvalue weighted by Crippen LogP contribution is 2.33. The van der Waals surface area contributed by atoms with Crippen LogP contribution < -0.4 is 0 Å². The van der Waals surface area contributed by atoms with Crippen LogP contribution in [0, 0.1) is 0 Å². The van der Waals surface area contributed by atoms with Crippen molar-refractivity contribution in [3.63, 3.8) is 0 Å². The largest absolute Gasteiger partial charge is 0.416 e. The average molecular weight is 290 g/mol. The molecule has 21 heavy (non-hydrogen) atoms. The van der Waals surface area contributed by atoms with E-state index in [2.05, 4.69) is 4.98 Å². The molecule has 0 amide bonds. The first-order valence-corrected chi connectivity index (χ1v) is 6.63. The predicted octanol–water partition coefficient (Wildman–Crippen LogP) is 4.74. The summed E-state index contributed by atoms with van der Waals surface area (Å²) in [4.78, 5) is 4.47. The van der Waals surface area contributed by atoms with E-state index in [1.807, 2.05) is 37.3 Å². The van der Waals surface area contributed by atoms with Gasteiger partial charge in [-0.1, -0.05) is 30.3 Å². The number of fused-ring (bicyclic) bond motifs is 1. The molecule has 0 saturated carbocycles. The minimum absolute atomic E-state index is 0.506. The first-order chi connectivity index (χ1) is 10.0. The summed E-state index contributed by atoms with van der Waals surface area (Å²) in [6, 6.07) is 13.1. The summed E-state index contributed by atoms with van der Waals surface area (Å²) in [5.41, 5.74) is 1.32. The number of nitrogens with zero attached hydrogens (tertiary/aromatic N) is 2. The third kappa shape index (κ3) is 2.39. The lowest BCUT2D eigenvalue weighted by molar-refractivity contribution is -0.137. The van der Waals surface area contributed by atoms with Gasteiger partial charge in [0, 0.05) is 12.1 Å². The summed E-state index contributed by atoms with van der Waals surface area (Å²) < 4.78 is 40.4. The lowest BCUT2D eigenvalue weighted by Crippen LogP contribution is -2.05. The van der Waals surface area contributed by atoms with E-state index in [-0.39, 0.29) is 0 Å². The van der Waals surface area contributed by atoms with Gasteiger partial charge in [0.2, 0.25) is 0 Å². The number of hydrogen-bond acceptors (Lipinski definition) is 1. The SMILES string of the molecule is CCn1c(-c2ccccc2)nc2ccc(C(F)(F)F)cc21. The van der Waals surface area contributed by atoms with E-state index >= 15 is 0 Å². The van der Waals surface area contributed by atoms with E-state index in [0.717, 1.165) is 17.7 Å². The Morgan fingerprint density at radius 1 is 1.05 bits per heavy atom. The fourth-order valence-corrected chi connectivity index (χ4v) is 2.43. The third-order valence-electron chi connectivity index (χ3n) is 3.42. The van der Waals surface area contributed by atoms with Crippen molar-refractivity contribution in [2.45, 2.75) is 19.6 Å². The zero-order chi connectivity index (χ0) is 15.0. The number of benzene rings is 2. The summed E-state index contributed by atoms with van der Waals surface area (Å²) in [6.07, 6.45) is -4.34. The van der Waals surface area contributed by atoms with E-state index in [1.54, 1.807) is 4.57 Å². The number of alkyl halides is 3. The van der Waals surface area contributed by atoms with Crippen LogP contribution in [0.25, 0.3) is 22.4 Å². The van der Waals surface area contributed by atoms with E-state index < -0.39 is 11.7 Å². The van der Waals surface area contributed by atoms with Crippen molar-refractivity contribution in [3.8, 4) is 11.4 Å². The fraction of sp³-hybridized carbons (Fsp3) is 0.188. The molecule has 2 nitrogen and oxygen atoms in total. The van der Waals surface area contributed by atoms with Gasteiger partial charge in [0.1, 0.15) is 5.82 Å². The van der Waals surface area contributed by atoms with Crippen LogP contribution in [-0.4, -0.2) is 9.55 Å². The second-order valence-corrected chi connectivity index (χ2v) is 4.75. The van der Waals surface area contributed by atoms with Crippen molar-refractivity contribution in [3.05, 3.63) is 54.1 Å². The second kappa shape index (κ2) is 4.91. The molecule has 1 aromatic heterocycles. The fourth-order valence-electron chi connectivity index (χ4n) is 2.43. The summed E-state index contributed by atoms with van der Waals surface area (Å²) in [6.45, 7) is 2.45. The summed E-state index contributed by atoms with van der Waals surface area (Å²) in [5.74, 6) is 0.687. The lowest BCUT2D eigenvalue weighted by atomic mass is 10.2. The molecule has 0 fully saturated rings. The van der Waals surface area contributed by atoms with Crippen LogP contribution in [0.2, 0.25) is 0 Å². The highest BCUT2D eigenvalue weighted by atomic mass is 19.4. The number of rotatable bonds is 2. The van der Waals surface area contributed by atoms with Gasteiger partial charge >= 0.3 is 6.18 Å². The van der Waals surface area contributed by atoms with E-state index in [0.29, 0.717) is 23.4 Å². The number of hydrogen-bond donors (Lipinski definition) is 0. The number of aromatic nitrogens is 2. The van der Waals surface area contributed by atoms with Crippen LogP contribution in [0.4, 0.5) is 13.2 Å². The van der Waals surface area contributed by atoms with Crippen molar-refractivity contribution < 1.29 is 13.2 Å². The lowest BCUT2D eigenvalue weighted by Gasteiger charge is -2.08. The highest BCUT2D eigenvalue weighted by molar-refractivity contribution is 5.81. The molecule has 0 bridgehead atoms. The molecule has 2 aromatic carbocycles. The minimum atomic E-state index is -4.34. The number of halogens is 3. The third-order valence-corrected chi connectivity index (χ3v) is 3.42. The van der Waals surface area contributed by atoms with Gasteiger partial charge in [0.05, 0.1) is 16.6 Å². The number of aryl methyl sites for hydroxylation is 1. The Morgan fingerprint density at radius 2 is 1.76 bits per heavy atom. The Morgan fingerprint density at radius 3 is 2.38 bits per heavy atom. The highest BCUT2D eigenvalue weighted by Gasteiger charge is 2.31. The Hall–Kier alpha value is -2.30. The van der Waals surface area contributed by atoms with Gasteiger partial charge in [-0.2, -0.15) is 13.2 Å². The van der Waals surface area contributed by atoms with Gasteiger partial charge in [-0.3, -0.25) is 0 Å². The van der Waals surface area contributed by atoms with E-state index in [1.165, 1.54) is 6.07 Å². The molecule has 3 rings (SSSR count). The molecular weight excluding hydrogens is 277 g/mol. The van der Waals surface area contributed by atoms with Crippen molar-refractivity contribution in [2.75, 3.05) is 0 Å². The molecule has 3 aromatic rings. The first-order valence-electron chi connectivity index (χ1n) is 6.63. The van der Waals surface area contributed by atoms with Crippen molar-refractivity contribution in [2.24, 2.45) is 0 Å². The molecule has 0 aliphatic rings. The van der Waals surface area contributed by atoms with Gasteiger partial charge in [-0.15, -0.1) is 0 Å². The summed E-state index contributed by atoms with van der Waals surface area (Å²) in [5, 5.41) is 0. The molecule has 1 heterocycles. The topological polar surface area (TPSA) is 17.8 Å². The van der Waals surface area contributed by atoms with E-state index in [4.69, 9.17) is 0 Å². The second-order valence-electron chi connectivity index (χ2n) is 4.75. The minimum Gasteiger partial charge on any atom is -0.324 e.